The van der Waals surface area contributed by atoms with Gasteiger partial charge in [-0.2, -0.15) is 5.10 Å². The normalized spacial score (nSPS) is 17.8. The van der Waals surface area contributed by atoms with E-state index in [-0.39, 0.29) is 17.9 Å². The molecule has 1 aromatic carbocycles. The van der Waals surface area contributed by atoms with Crippen molar-refractivity contribution in [1.82, 2.24) is 20.4 Å². The number of aromatic nitrogens is 2. The Balaban J connectivity index is 1.47. The quantitative estimate of drug-likeness (QED) is 0.876. The predicted molar refractivity (Wildman–Crippen MR) is 90.7 cm³/mol. The van der Waals surface area contributed by atoms with Gasteiger partial charge in [-0.25, -0.2) is 4.68 Å². The van der Waals surface area contributed by atoms with E-state index in [4.69, 9.17) is 0 Å². The molecule has 2 N–H and O–H groups in total. The van der Waals surface area contributed by atoms with Gasteiger partial charge in [0.25, 0.3) is 0 Å². The first-order chi connectivity index (χ1) is 11.7. The highest BCUT2D eigenvalue weighted by Crippen LogP contribution is 2.10. The molecule has 1 aromatic heterocycles. The maximum absolute atomic E-state index is 12.2. The second-order valence-electron chi connectivity index (χ2n) is 6.02. The topological polar surface area (TPSA) is 76.0 Å². The number of amides is 2. The van der Waals surface area contributed by atoms with E-state index in [0.29, 0.717) is 13.0 Å². The molecule has 1 fully saturated rings. The van der Waals surface area contributed by atoms with Gasteiger partial charge in [-0.05, 0) is 43.0 Å². The Hall–Kier alpha value is -2.63. The molecule has 2 aromatic rings. The molecule has 24 heavy (non-hydrogen) atoms. The average molecular weight is 326 g/mol. The van der Waals surface area contributed by atoms with Gasteiger partial charge in [-0.1, -0.05) is 18.6 Å². The molecule has 3 rings (SSSR count). The molecule has 0 aliphatic carbocycles. The van der Waals surface area contributed by atoms with Crippen molar-refractivity contribution in [2.75, 3.05) is 6.54 Å². The summed E-state index contributed by atoms with van der Waals surface area (Å²) >= 11 is 0. The van der Waals surface area contributed by atoms with Crippen LogP contribution in [0.15, 0.2) is 42.7 Å². The fourth-order valence-electron chi connectivity index (χ4n) is 2.86. The minimum absolute atomic E-state index is 0.0261. The number of hydrogen-bond acceptors (Lipinski definition) is 3. The Labute approximate surface area is 141 Å². The molecule has 0 radical (unpaired) electrons. The lowest BCUT2D eigenvalue weighted by molar-refractivity contribution is -0.128. The summed E-state index contributed by atoms with van der Waals surface area (Å²) in [5.74, 6) is -0.111. The van der Waals surface area contributed by atoms with Crippen LogP contribution in [0.3, 0.4) is 0 Å². The predicted octanol–water partition coefficient (Wildman–Crippen LogP) is 1.59. The zero-order valence-corrected chi connectivity index (χ0v) is 13.6. The average Bonchev–Trinajstić information content (AvgIpc) is 3.04. The summed E-state index contributed by atoms with van der Waals surface area (Å²) in [5, 5.41) is 9.90. The molecule has 2 amide bonds. The van der Waals surface area contributed by atoms with Gasteiger partial charge in [0, 0.05) is 25.4 Å². The van der Waals surface area contributed by atoms with Crippen LogP contribution >= 0.6 is 0 Å². The number of nitrogens with zero attached hydrogens (tertiary/aromatic N) is 2. The molecule has 1 atom stereocenters. The molecule has 0 bridgehead atoms. The smallest absolute Gasteiger partial charge is 0.242 e. The van der Waals surface area contributed by atoms with E-state index in [9.17, 15) is 9.59 Å². The molecule has 126 valence electrons. The Bertz CT molecular complexity index is 680. The van der Waals surface area contributed by atoms with E-state index in [1.165, 1.54) is 0 Å². The second-order valence-corrected chi connectivity index (χ2v) is 6.02. The number of carbonyl (C=O) groups is 2. The molecule has 2 heterocycles. The summed E-state index contributed by atoms with van der Waals surface area (Å²) in [6.45, 7) is 0.562. The standard InChI is InChI=1S/C18H22N4O2/c23-17-5-2-1-4-16(21-17)18(24)19-12-10-14-6-8-15(9-7-14)22-13-3-11-20-22/h3,6-9,11,13,16H,1-2,4-5,10,12H2,(H,19,24)(H,21,23). The maximum atomic E-state index is 12.2. The highest BCUT2D eigenvalue weighted by molar-refractivity contribution is 5.87. The van der Waals surface area contributed by atoms with Crippen molar-refractivity contribution < 1.29 is 9.59 Å². The molecule has 6 nitrogen and oxygen atoms in total. The van der Waals surface area contributed by atoms with Crippen LogP contribution in [0.25, 0.3) is 5.69 Å². The van der Waals surface area contributed by atoms with E-state index >= 15 is 0 Å². The Morgan fingerprint density at radius 1 is 1.29 bits per heavy atom. The molecule has 1 saturated heterocycles. The monoisotopic (exact) mass is 326 g/mol. The van der Waals surface area contributed by atoms with Gasteiger partial charge < -0.3 is 10.6 Å². The fraction of sp³-hybridized carbons (Fsp3) is 0.389. The van der Waals surface area contributed by atoms with Crippen LogP contribution in [0.2, 0.25) is 0 Å². The van der Waals surface area contributed by atoms with Crippen LogP contribution in [-0.2, 0) is 16.0 Å². The third kappa shape index (κ3) is 4.22. The van der Waals surface area contributed by atoms with Crippen molar-refractivity contribution in [2.24, 2.45) is 0 Å². The van der Waals surface area contributed by atoms with Crippen molar-refractivity contribution in [2.45, 2.75) is 38.1 Å². The van der Waals surface area contributed by atoms with Gasteiger partial charge in [-0.3, -0.25) is 9.59 Å². The lowest BCUT2D eigenvalue weighted by Crippen LogP contribution is -2.46. The minimum atomic E-state index is -0.387. The van der Waals surface area contributed by atoms with E-state index in [0.717, 1.165) is 36.9 Å². The largest absolute Gasteiger partial charge is 0.354 e. The molecule has 1 unspecified atom stereocenters. The summed E-state index contributed by atoms with van der Waals surface area (Å²) in [6, 6.07) is 9.59. The first-order valence-electron chi connectivity index (χ1n) is 8.38. The second kappa shape index (κ2) is 7.77. The number of rotatable bonds is 5. The van der Waals surface area contributed by atoms with Crippen molar-refractivity contribution in [1.29, 1.82) is 0 Å². The first kappa shape index (κ1) is 16.2. The van der Waals surface area contributed by atoms with Crippen LogP contribution in [0.5, 0.6) is 0 Å². The van der Waals surface area contributed by atoms with Crippen LogP contribution in [0, 0.1) is 0 Å². The molecule has 0 spiro atoms. The number of carbonyl (C=O) groups excluding carboxylic acids is 2. The molecule has 0 saturated carbocycles. The number of nitrogens with one attached hydrogen (secondary N) is 2. The van der Waals surface area contributed by atoms with Crippen molar-refractivity contribution in [3.8, 4) is 5.69 Å². The Morgan fingerprint density at radius 2 is 2.12 bits per heavy atom. The van der Waals surface area contributed by atoms with Crippen LogP contribution in [0.4, 0.5) is 0 Å². The molecule has 1 aliphatic rings. The molecular weight excluding hydrogens is 304 g/mol. The number of benzene rings is 1. The highest BCUT2D eigenvalue weighted by atomic mass is 16.2. The Kier molecular flexibility index (Phi) is 5.25. The summed E-state index contributed by atoms with van der Waals surface area (Å²) < 4.78 is 1.81. The van der Waals surface area contributed by atoms with Gasteiger partial charge in [0.2, 0.25) is 11.8 Å². The van der Waals surface area contributed by atoms with Crippen LogP contribution in [0.1, 0.15) is 31.2 Å². The van der Waals surface area contributed by atoms with E-state index in [1.807, 2.05) is 36.5 Å². The van der Waals surface area contributed by atoms with Crippen LogP contribution in [-0.4, -0.2) is 34.2 Å². The summed E-state index contributed by atoms with van der Waals surface area (Å²) in [7, 11) is 0. The van der Waals surface area contributed by atoms with E-state index < -0.39 is 0 Å². The van der Waals surface area contributed by atoms with Crippen molar-refractivity contribution in [3.63, 3.8) is 0 Å². The van der Waals surface area contributed by atoms with Crippen LogP contribution < -0.4 is 10.6 Å². The third-order valence-corrected chi connectivity index (χ3v) is 4.22. The fourth-order valence-corrected chi connectivity index (χ4v) is 2.86. The first-order valence-corrected chi connectivity index (χ1v) is 8.38. The zero-order valence-electron chi connectivity index (χ0n) is 13.6. The number of hydrogen-bond donors (Lipinski definition) is 2. The minimum Gasteiger partial charge on any atom is -0.354 e. The van der Waals surface area contributed by atoms with Gasteiger partial charge in [0.1, 0.15) is 6.04 Å². The maximum Gasteiger partial charge on any atom is 0.242 e. The van der Waals surface area contributed by atoms with Gasteiger partial charge in [0.05, 0.1) is 5.69 Å². The van der Waals surface area contributed by atoms with Crippen molar-refractivity contribution in [3.05, 3.63) is 48.3 Å². The SMILES string of the molecule is O=C1CCCCC(C(=O)NCCc2ccc(-n3cccn3)cc2)N1. The molecule has 1 aliphatic heterocycles. The zero-order chi connectivity index (χ0) is 16.8. The highest BCUT2D eigenvalue weighted by Gasteiger charge is 2.22. The van der Waals surface area contributed by atoms with E-state index in [2.05, 4.69) is 15.7 Å². The summed E-state index contributed by atoms with van der Waals surface area (Å²) in [6.07, 6.45) is 7.41. The lowest BCUT2D eigenvalue weighted by atomic mass is 10.1. The summed E-state index contributed by atoms with van der Waals surface area (Å²) in [4.78, 5) is 23.7. The van der Waals surface area contributed by atoms with Gasteiger partial charge in [0.15, 0.2) is 0 Å². The Morgan fingerprint density at radius 3 is 2.88 bits per heavy atom. The lowest BCUT2D eigenvalue weighted by Gasteiger charge is -2.15. The molecule has 6 heteroatoms. The van der Waals surface area contributed by atoms with Gasteiger partial charge >= 0.3 is 0 Å². The third-order valence-electron chi connectivity index (χ3n) is 4.22. The molecular formula is C18H22N4O2. The van der Waals surface area contributed by atoms with Crippen molar-refractivity contribution >= 4 is 11.8 Å². The summed E-state index contributed by atoms with van der Waals surface area (Å²) in [5.41, 5.74) is 2.16. The van der Waals surface area contributed by atoms with E-state index in [1.54, 1.807) is 10.9 Å². The van der Waals surface area contributed by atoms with Gasteiger partial charge in [-0.15, -0.1) is 0 Å².